The predicted octanol–water partition coefficient (Wildman–Crippen LogP) is 3.92. The predicted molar refractivity (Wildman–Crippen MR) is 114 cm³/mol. The quantitative estimate of drug-likeness (QED) is 0.616. The van der Waals surface area contributed by atoms with Crippen molar-refractivity contribution in [3.8, 4) is 0 Å². The Kier molecular flexibility index (Phi) is 8.20. The zero-order valence-electron chi connectivity index (χ0n) is 17.2. The second-order valence-electron chi connectivity index (χ2n) is 7.19. The first kappa shape index (κ1) is 21.6. The van der Waals surface area contributed by atoms with Crippen LogP contribution in [0.5, 0.6) is 0 Å². The van der Waals surface area contributed by atoms with E-state index >= 15 is 0 Å². The van der Waals surface area contributed by atoms with Gasteiger partial charge in [-0.15, -0.1) is 0 Å². The fourth-order valence-electron chi connectivity index (χ4n) is 3.11. The van der Waals surface area contributed by atoms with Crippen LogP contribution in [-0.2, 0) is 11.2 Å². The molecule has 150 valence electrons. The standard InChI is InChI=1S/C23H31N3O2/c1-5-17-10-12-18(13-11-17)22(16(3)4)25-15-21(27)26-20-9-7-8-19(14-20)23(28)24-6-2/h7-14,16,22,25H,5-6,15H2,1-4H3,(H,24,28)(H,26,27)/t22-/m1/s1. The first-order chi connectivity index (χ1) is 13.4. The molecule has 0 aromatic heterocycles. The molecule has 2 aromatic carbocycles. The Morgan fingerprint density at radius 2 is 1.71 bits per heavy atom. The van der Waals surface area contributed by atoms with E-state index in [0.717, 1.165) is 6.42 Å². The smallest absolute Gasteiger partial charge is 0.251 e. The largest absolute Gasteiger partial charge is 0.352 e. The third kappa shape index (κ3) is 6.20. The number of rotatable bonds is 9. The van der Waals surface area contributed by atoms with Gasteiger partial charge in [0.15, 0.2) is 0 Å². The molecule has 5 nitrogen and oxygen atoms in total. The highest BCUT2D eigenvalue weighted by atomic mass is 16.2. The SMILES string of the molecule is CCNC(=O)c1cccc(NC(=O)CN[C@@H](c2ccc(CC)cc2)C(C)C)c1. The van der Waals surface area contributed by atoms with Gasteiger partial charge < -0.3 is 16.0 Å². The summed E-state index contributed by atoms with van der Waals surface area (Å²) >= 11 is 0. The molecule has 0 bridgehead atoms. The molecule has 0 saturated carbocycles. The van der Waals surface area contributed by atoms with Gasteiger partial charge in [-0.25, -0.2) is 0 Å². The molecule has 28 heavy (non-hydrogen) atoms. The average Bonchev–Trinajstić information content (AvgIpc) is 2.68. The maximum atomic E-state index is 12.4. The first-order valence-corrected chi connectivity index (χ1v) is 9.94. The van der Waals surface area contributed by atoms with E-state index in [2.05, 4.69) is 61.0 Å². The van der Waals surface area contributed by atoms with Crippen LogP contribution in [0.15, 0.2) is 48.5 Å². The number of nitrogens with one attached hydrogen (secondary N) is 3. The van der Waals surface area contributed by atoms with Gasteiger partial charge in [-0.3, -0.25) is 9.59 Å². The lowest BCUT2D eigenvalue weighted by Crippen LogP contribution is -2.33. The molecule has 0 heterocycles. The monoisotopic (exact) mass is 381 g/mol. The van der Waals surface area contributed by atoms with Crippen molar-refractivity contribution in [1.82, 2.24) is 10.6 Å². The highest BCUT2D eigenvalue weighted by Crippen LogP contribution is 2.22. The zero-order valence-corrected chi connectivity index (χ0v) is 17.2. The molecule has 0 fully saturated rings. The number of amides is 2. The molecule has 5 heteroatoms. The van der Waals surface area contributed by atoms with Crippen LogP contribution in [0.2, 0.25) is 0 Å². The van der Waals surface area contributed by atoms with E-state index in [1.54, 1.807) is 24.3 Å². The van der Waals surface area contributed by atoms with Gasteiger partial charge in [-0.2, -0.15) is 0 Å². The maximum Gasteiger partial charge on any atom is 0.251 e. The average molecular weight is 382 g/mol. The summed E-state index contributed by atoms with van der Waals surface area (Å²) in [6.07, 6.45) is 1.01. The van der Waals surface area contributed by atoms with Crippen LogP contribution in [0.1, 0.15) is 55.2 Å². The van der Waals surface area contributed by atoms with Crippen molar-refractivity contribution < 1.29 is 9.59 Å². The molecule has 0 saturated heterocycles. The molecule has 0 spiro atoms. The molecule has 2 amide bonds. The van der Waals surface area contributed by atoms with Crippen molar-refractivity contribution in [2.75, 3.05) is 18.4 Å². The lowest BCUT2D eigenvalue weighted by atomic mass is 9.95. The molecule has 0 radical (unpaired) electrons. The van der Waals surface area contributed by atoms with E-state index in [0.29, 0.717) is 23.7 Å². The molecule has 0 aliphatic heterocycles. The minimum atomic E-state index is -0.146. The minimum absolute atomic E-state index is 0.0957. The van der Waals surface area contributed by atoms with Crippen molar-refractivity contribution in [1.29, 1.82) is 0 Å². The number of hydrogen-bond donors (Lipinski definition) is 3. The summed E-state index contributed by atoms with van der Waals surface area (Å²) in [5, 5.41) is 8.98. The van der Waals surface area contributed by atoms with Crippen LogP contribution in [0.3, 0.4) is 0 Å². The molecular formula is C23H31N3O2. The number of anilines is 1. The maximum absolute atomic E-state index is 12.4. The van der Waals surface area contributed by atoms with Crippen LogP contribution >= 0.6 is 0 Å². The Labute approximate surface area is 167 Å². The Bertz CT molecular complexity index is 785. The van der Waals surface area contributed by atoms with Gasteiger partial charge >= 0.3 is 0 Å². The van der Waals surface area contributed by atoms with Gasteiger partial charge in [-0.1, -0.05) is 51.1 Å². The Hall–Kier alpha value is -2.66. The third-order valence-electron chi connectivity index (χ3n) is 4.64. The fourth-order valence-corrected chi connectivity index (χ4v) is 3.11. The second kappa shape index (κ2) is 10.6. The van der Waals surface area contributed by atoms with Gasteiger partial charge in [0.05, 0.1) is 6.54 Å². The van der Waals surface area contributed by atoms with E-state index in [4.69, 9.17) is 0 Å². The molecule has 1 atom stereocenters. The van der Waals surface area contributed by atoms with Crippen molar-refractivity contribution >= 4 is 17.5 Å². The van der Waals surface area contributed by atoms with Crippen molar-refractivity contribution in [2.24, 2.45) is 5.92 Å². The Balaban J connectivity index is 1.97. The summed E-state index contributed by atoms with van der Waals surface area (Å²) in [5.41, 5.74) is 3.63. The summed E-state index contributed by atoms with van der Waals surface area (Å²) in [7, 11) is 0. The van der Waals surface area contributed by atoms with Gasteiger partial charge in [0.2, 0.25) is 5.91 Å². The molecule has 0 unspecified atom stereocenters. The topological polar surface area (TPSA) is 70.2 Å². The molecule has 2 aromatic rings. The molecule has 2 rings (SSSR count). The molecular weight excluding hydrogens is 350 g/mol. The minimum Gasteiger partial charge on any atom is -0.352 e. The molecule has 3 N–H and O–H groups in total. The zero-order chi connectivity index (χ0) is 20.5. The number of carbonyl (C=O) groups excluding carboxylic acids is 2. The highest BCUT2D eigenvalue weighted by Gasteiger charge is 2.17. The van der Waals surface area contributed by atoms with Gasteiger partial charge in [0.25, 0.3) is 5.91 Å². The lowest BCUT2D eigenvalue weighted by Gasteiger charge is -2.23. The second-order valence-corrected chi connectivity index (χ2v) is 7.19. The van der Waals surface area contributed by atoms with Gasteiger partial charge in [0, 0.05) is 23.8 Å². The van der Waals surface area contributed by atoms with E-state index in [-0.39, 0.29) is 24.4 Å². The number of aryl methyl sites for hydroxylation is 1. The Morgan fingerprint density at radius 3 is 2.32 bits per heavy atom. The lowest BCUT2D eigenvalue weighted by molar-refractivity contribution is -0.115. The van der Waals surface area contributed by atoms with E-state index < -0.39 is 0 Å². The van der Waals surface area contributed by atoms with Crippen LogP contribution in [0.25, 0.3) is 0 Å². The van der Waals surface area contributed by atoms with Gasteiger partial charge in [-0.05, 0) is 48.6 Å². The summed E-state index contributed by atoms with van der Waals surface area (Å²) in [5.74, 6) is 0.0670. The first-order valence-electron chi connectivity index (χ1n) is 9.94. The summed E-state index contributed by atoms with van der Waals surface area (Å²) in [4.78, 5) is 24.3. The fraction of sp³-hybridized carbons (Fsp3) is 0.391. The van der Waals surface area contributed by atoms with Crippen LogP contribution in [0, 0.1) is 5.92 Å². The molecule has 0 aliphatic rings. The molecule has 0 aliphatic carbocycles. The van der Waals surface area contributed by atoms with E-state index in [9.17, 15) is 9.59 Å². The number of hydrogen-bond acceptors (Lipinski definition) is 3. The van der Waals surface area contributed by atoms with Gasteiger partial charge in [0.1, 0.15) is 0 Å². The van der Waals surface area contributed by atoms with Crippen LogP contribution in [-0.4, -0.2) is 24.9 Å². The normalized spacial score (nSPS) is 11.9. The van der Waals surface area contributed by atoms with E-state index in [1.807, 2.05) is 6.92 Å². The summed E-state index contributed by atoms with van der Waals surface area (Å²) in [6, 6.07) is 15.6. The van der Waals surface area contributed by atoms with Crippen LogP contribution < -0.4 is 16.0 Å². The summed E-state index contributed by atoms with van der Waals surface area (Å²) < 4.78 is 0. The van der Waals surface area contributed by atoms with Crippen LogP contribution in [0.4, 0.5) is 5.69 Å². The third-order valence-corrected chi connectivity index (χ3v) is 4.64. The number of benzene rings is 2. The van der Waals surface area contributed by atoms with Crippen molar-refractivity contribution in [3.63, 3.8) is 0 Å². The van der Waals surface area contributed by atoms with Crippen molar-refractivity contribution in [3.05, 3.63) is 65.2 Å². The van der Waals surface area contributed by atoms with Crippen molar-refractivity contribution in [2.45, 2.75) is 40.2 Å². The highest BCUT2D eigenvalue weighted by molar-refractivity contribution is 5.97. The Morgan fingerprint density at radius 1 is 1.00 bits per heavy atom. The van der Waals surface area contributed by atoms with E-state index in [1.165, 1.54) is 11.1 Å². The summed E-state index contributed by atoms with van der Waals surface area (Å²) in [6.45, 7) is 9.05. The number of carbonyl (C=O) groups is 2.